The molecule has 0 radical (unpaired) electrons. The van der Waals surface area contributed by atoms with E-state index in [2.05, 4.69) is 0 Å². The standard InChI is InChI=1S/C11H12F2/c12-9-6-8-4-2-1-3-5-10(8)11(13)7-9/h6-7H,1-5H2. The minimum Gasteiger partial charge on any atom is -0.207 e. The molecule has 0 aromatic heterocycles. The van der Waals surface area contributed by atoms with Crippen molar-refractivity contribution in [1.29, 1.82) is 0 Å². The molecule has 2 heteroatoms. The predicted octanol–water partition coefficient (Wildman–Crippen LogP) is 3.23. The first-order valence-electron chi connectivity index (χ1n) is 4.74. The second-order valence-corrected chi connectivity index (χ2v) is 3.59. The molecule has 1 aliphatic carbocycles. The van der Waals surface area contributed by atoms with E-state index in [9.17, 15) is 8.78 Å². The Hall–Kier alpha value is -0.920. The molecule has 1 aliphatic rings. The fourth-order valence-electron chi connectivity index (χ4n) is 1.95. The molecule has 0 aliphatic heterocycles. The first-order chi connectivity index (χ1) is 6.27. The first kappa shape index (κ1) is 8.67. The molecule has 0 unspecified atom stereocenters. The molecule has 0 heterocycles. The highest BCUT2D eigenvalue weighted by molar-refractivity contribution is 5.30. The molecule has 0 spiro atoms. The van der Waals surface area contributed by atoms with Crippen LogP contribution in [0, 0.1) is 11.6 Å². The molecule has 1 aromatic rings. The summed E-state index contributed by atoms with van der Waals surface area (Å²) >= 11 is 0. The van der Waals surface area contributed by atoms with Gasteiger partial charge in [-0.05, 0) is 42.9 Å². The zero-order chi connectivity index (χ0) is 9.26. The maximum Gasteiger partial charge on any atom is 0.129 e. The van der Waals surface area contributed by atoms with Crippen molar-refractivity contribution in [2.45, 2.75) is 32.1 Å². The van der Waals surface area contributed by atoms with Gasteiger partial charge in [0.15, 0.2) is 0 Å². The summed E-state index contributed by atoms with van der Waals surface area (Å²) in [6.45, 7) is 0. The van der Waals surface area contributed by atoms with E-state index in [1.54, 1.807) is 0 Å². The van der Waals surface area contributed by atoms with Gasteiger partial charge in [-0.1, -0.05) is 6.42 Å². The Labute approximate surface area is 76.6 Å². The molecule has 2 rings (SSSR count). The number of halogens is 2. The fraction of sp³-hybridized carbons (Fsp3) is 0.455. The molecule has 0 N–H and O–H groups in total. The van der Waals surface area contributed by atoms with Crippen LogP contribution in [0.1, 0.15) is 30.4 Å². The minimum atomic E-state index is -0.446. The minimum absolute atomic E-state index is 0.364. The maximum absolute atomic E-state index is 13.3. The van der Waals surface area contributed by atoms with Crippen LogP contribution in [0.15, 0.2) is 12.1 Å². The van der Waals surface area contributed by atoms with Gasteiger partial charge in [-0.2, -0.15) is 0 Å². The van der Waals surface area contributed by atoms with Crippen LogP contribution >= 0.6 is 0 Å². The third-order valence-corrected chi connectivity index (χ3v) is 2.63. The lowest BCUT2D eigenvalue weighted by Crippen LogP contribution is -1.97. The largest absolute Gasteiger partial charge is 0.207 e. The SMILES string of the molecule is Fc1cc(F)c2c(c1)CCCCC2. The van der Waals surface area contributed by atoms with Gasteiger partial charge < -0.3 is 0 Å². The van der Waals surface area contributed by atoms with Gasteiger partial charge in [-0.25, -0.2) is 8.78 Å². The molecular formula is C11H12F2. The number of hydrogen-bond donors (Lipinski definition) is 0. The third-order valence-electron chi connectivity index (χ3n) is 2.63. The summed E-state index contributed by atoms with van der Waals surface area (Å²) in [4.78, 5) is 0. The van der Waals surface area contributed by atoms with Crippen molar-refractivity contribution in [3.05, 3.63) is 34.9 Å². The highest BCUT2D eigenvalue weighted by Crippen LogP contribution is 2.23. The monoisotopic (exact) mass is 182 g/mol. The van der Waals surface area contributed by atoms with Crippen molar-refractivity contribution < 1.29 is 8.78 Å². The van der Waals surface area contributed by atoms with E-state index in [1.807, 2.05) is 0 Å². The number of hydrogen-bond acceptors (Lipinski definition) is 0. The van der Waals surface area contributed by atoms with Crippen LogP contribution in [-0.4, -0.2) is 0 Å². The molecule has 0 saturated carbocycles. The van der Waals surface area contributed by atoms with Gasteiger partial charge in [-0.3, -0.25) is 0 Å². The van der Waals surface area contributed by atoms with Crippen molar-refractivity contribution >= 4 is 0 Å². The Kier molecular flexibility index (Phi) is 2.30. The molecule has 70 valence electrons. The van der Waals surface area contributed by atoms with Crippen LogP contribution in [0.2, 0.25) is 0 Å². The summed E-state index contributed by atoms with van der Waals surface area (Å²) in [6, 6.07) is 2.47. The molecule has 0 saturated heterocycles. The van der Waals surface area contributed by atoms with Crippen LogP contribution in [-0.2, 0) is 12.8 Å². The average molecular weight is 182 g/mol. The number of rotatable bonds is 0. The second kappa shape index (κ2) is 3.44. The molecule has 0 nitrogen and oxygen atoms in total. The highest BCUT2D eigenvalue weighted by Gasteiger charge is 2.13. The Morgan fingerprint density at radius 2 is 1.69 bits per heavy atom. The van der Waals surface area contributed by atoms with Crippen LogP contribution in [0.4, 0.5) is 8.78 Å². The topological polar surface area (TPSA) is 0 Å². The summed E-state index contributed by atoms with van der Waals surface area (Å²) in [5.74, 6) is -0.810. The molecule has 0 fully saturated rings. The summed E-state index contributed by atoms with van der Waals surface area (Å²) in [5.41, 5.74) is 1.61. The van der Waals surface area contributed by atoms with E-state index < -0.39 is 5.82 Å². The summed E-state index contributed by atoms with van der Waals surface area (Å²) in [7, 11) is 0. The quantitative estimate of drug-likeness (QED) is 0.540. The van der Waals surface area contributed by atoms with Gasteiger partial charge in [0.1, 0.15) is 11.6 Å². The van der Waals surface area contributed by atoms with Crippen LogP contribution in [0.25, 0.3) is 0 Å². The van der Waals surface area contributed by atoms with E-state index in [0.717, 1.165) is 49.3 Å². The normalized spacial score (nSPS) is 16.5. The summed E-state index contributed by atoms with van der Waals surface area (Å²) < 4.78 is 26.1. The second-order valence-electron chi connectivity index (χ2n) is 3.59. The van der Waals surface area contributed by atoms with Gasteiger partial charge >= 0.3 is 0 Å². The number of benzene rings is 1. The van der Waals surface area contributed by atoms with Crippen LogP contribution in [0.3, 0.4) is 0 Å². The Balaban J connectivity index is 2.47. The van der Waals surface area contributed by atoms with Crippen molar-refractivity contribution in [2.24, 2.45) is 0 Å². The molecule has 0 bridgehead atoms. The van der Waals surface area contributed by atoms with E-state index >= 15 is 0 Å². The lowest BCUT2D eigenvalue weighted by Gasteiger charge is -2.06. The molecule has 0 atom stereocenters. The Morgan fingerprint density at radius 3 is 2.54 bits per heavy atom. The fourth-order valence-corrected chi connectivity index (χ4v) is 1.95. The average Bonchev–Trinajstić information content (AvgIpc) is 2.28. The van der Waals surface area contributed by atoms with E-state index in [4.69, 9.17) is 0 Å². The van der Waals surface area contributed by atoms with E-state index in [-0.39, 0.29) is 5.82 Å². The zero-order valence-electron chi connectivity index (χ0n) is 7.45. The van der Waals surface area contributed by atoms with Crippen molar-refractivity contribution in [2.75, 3.05) is 0 Å². The molecule has 0 amide bonds. The van der Waals surface area contributed by atoms with Gasteiger partial charge in [0.25, 0.3) is 0 Å². The van der Waals surface area contributed by atoms with Crippen molar-refractivity contribution in [1.82, 2.24) is 0 Å². The van der Waals surface area contributed by atoms with Crippen molar-refractivity contribution in [3.8, 4) is 0 Å². The molecule has 1 aromatic carbocycles. The van der Waals surface area contributed by atoms with E-state index in [1.165, 1.54) is 6.07 Å². The van der Waals surface area contributed by atoms with Gasteiger partial charge in [-0.15, -0.1) is 0 Å². The number of fused-ring (bicyclic) bond motifs is 1. The first-order valence-corrected chi connectivity index (χ1v) is 4.74. The molecule has 13 heavy (non-hydrogen) atoms. The Morgan fingerprint density at radius 1 is 0.923 bits per heavy atom. The lowest BCUT2D eigenvalue weighted by atomic mass is 10.0. The van der Waals surface area contributed by atoms with E-state index in [0.29, 0.717) is 0 Å². The van der Waals surface area contributed by atoms with Crippen molar-refractivity contribution in [3.63, 3.8) is 0 Å². The van der Waals surface area contributed by atoms with Gasteiger partial charge in [0.2, 0.25) is 0 Å². The highest BCUT2D eigenvalue weighted by atomic mass is 19.1. The van der Waals surface area contributed by atoms with Gasteiger partial charge in [0.05, 0.1) is 0 Å². The zero-order valence-corrected chi connectivity index (χ0v) is 7.45. The lowest BCUT2D eigenvalue weighted by molar-refractivity contribution is 0.568. The predicted molar refractivity (Wildman–Crippen MR) is 47.6 cm³/mol. The maximum atomic E-state index is 13.3. The number of aryl methyl sites for hydroxylation is 1. The van der Waals surface area contributed by atoms with Crippen LogP contribution in [0.5, 0.6) is 0 Å². The smallest absolute Gasteiger partial charge is 0.129 e. The Bertz CT molecular complexity index is 318. The van der Waals surface area contributed by atoms with Gasteiger partial charge in [0, 0.05) is 6.07 Å². The molecular weight excluding hydrogens is 170 g/mol. The summed E-state index contributed by atoms with van der Waals surface area (Å²) in [5, 5.41) is 0. The summed E-state index contributed by atoms with van der Waals surface area (Å²) in [6.07, 6.45) is 4.78. The third kappa shape index (κ3) is 1.71. The van der Waals surface area contributed by atoms with Crippen LogP contribution < -0.4 is 0 Å².